The Balaban J connectivity index is 0.000000980. The molecular formula is C10H16Cl2Si2Zr. The fourth-order valence-corrected chi connectivity index (χ4v) is 13.6. The molecule has 0 radical (unpaired) electrons. The van der Waals surface area contributed by atoms with Crippen LogP contribution in [0.15, 0.2) is 43.0 Å². The van der Waals surface area contributed by atoms with Crippen LogP contribution >= 0.6 is 24.8 Å². The van der Waals surface area contributed by atoms with Gasteiger partial charge in [-0.2, -0.15) is 0 Å². The van der Waals surface area contributed by atoms with Crippen LogP contribution < -0.4 is 0 Å². The fourth-order valence-electron chi connectivity index (χ4n) is 1.81. The van der Waals surface area contributed by atoms with Gasteiger partial charge < -0.3 is 0 Å². The Morgan fingerprint density at radius 2 is 1.27 bits per heavy atom. The van der Waals surface area contributed by atoms with E-state index < -0.39 is 17.5 Å². The number of hydrogen-bond donors (Lipinski definition) is 0. The fraction of sp³-hybridized carbons (Fsp3) is 0.200. The molecule has 2 aliphatic carbocycles. The molecule has 0 atom stereocenters. The first kappa shape index (κ1) is 15.9. The van der Waals surface area contributed by atoms with E-state index in [4.69, 9.17) is 0 Å². The second-order valence-corrected chi connectivity index (χ2v) is 32.4. The molecule has 0 aromatic heterocycles. The Morgan fingerprint density at radius 3 is 1.53 bits per heavy atom. The first-order valence-electron chi connectivity index (χ1n) is 4.64. The zero-order chi connectivity index (χ0) is 9.31. The minimum atomic E-state index is -1.95. The zero-order valence-corrected chi connectivity index (χ0v) is 15.5. The molecule has 0 aromatic carbocycles. The molecule has 0 aliphatic heterocycles. The minimum absolute atomic E-state index is 0. The van der Waals surface area contributed by atoms with Gasteiger partial charge in [-0.15, -0.1) is 24.8 Å². The Morgan fingerprint density at radius 1 is 0.867 bits per heavy atom. The van der Waals surface area contributed by atoms with Gasteiger partial charge in [0.05, 0.1) is 0 Å². The van der Waals surface area contributed by atoms with Gasteiger partial charge in [0.15, 0.2) is 0 Å². The van der Waals surface area contributed by atoms with Gasteiger partial charge in [-0.05, 0) is 0 Å². The van der Waals surface area contributed by atoms with Crippen LogP contribution in [0.25, 0.3) is 0 Å². The molecule has 0 fully saturated rings. The van der Waals surface area contributed by atoms with Crippen molar-refractivity contribution in [3.63, 3.8) is 0 Å². The van der Waals surface area contributed by atoms with E-state index in [0.717, 1.165) is 0 Å². The third-order valence-electron chi connectivity index (χ3n) is 2.77. The average Bonchev–Trinajstić information content (AvgIpc) is 2.78. The maximum atomic E-state index is 2.37. The van der Waals surface area contributed by atoms with Gasteiger partial charge in [0.2, 0.25) is 0 Å². The summed E-state index contributed by atoms with van der Waals surface area (Å²) in [5.74, 6) is 0. The van der Waals surface area contributed by atoms with E-state index >= 15 is 0 Å². The van der Waals surface area contributed by atoms with Gasteiger partial charge in [-0.25, -0.2) is 0 Å². The molecule has 2 aliphatic rings. The van der Waals surface area contributed by atoms with Crippen molar-refractivity contribution in [2.75, 3.05) is 0 Å². The van der Waals surface area contributed by atoms with Crippen molar-refractivity contribution in [3.8, 4) is 0 Å². The Hall–Kier alpha value is 0.857. The molecule has 0 bridgehead atoms. The molecule has 15 heavy (non-hydrogen) atoms. The number of halogens is 2. The summed E-state index contributed by atoms with van der Waals surface area (Å²) < 4.78 is 3.56. The molecule has 0 spiro atoms. The van der Waals surface area contributed by atoms with Crippen molar-refractivity contribution >= 4 is 38.6 Å². The van der Waals surface area contributed by atoms with Crippen LogP contribution in [-0.2, 0) is 17.5 Å². The Labute approximate surface area is 111 Å². The number of allylic oxidation sites excluding steroid dienone is 8. The normalized spacial score (nSPS) is 16.8. The molecule has 0 unspecified atom stereocenters. The van der Waals surface area contributed by atoms with Gasteiger partial charge in [0.25, 0.3) is 0 Å². The summed E-state index contributed by atoms with van der Waals surface area (Å²) >= 11 is -1.95. The molecule has 0 heterocycles. The average molecular weight is 355 g/mol. The molecule has 5 heteroatoms. The second-order valence-electron chi connectivity index (χ2n) is 3.73. The van der Waals surface area contributed by atoms with Crippen LogP contribution in [0.1, 0.15) is 12.8 Å². The van der Waals surface area contributed by atoms with Crippen LogP contribution in [0.4, 0.5) is 0 Å². The van der Waals surface area contributed by atoms with Crippen molar-refractivity contribution in [1.29, 1.82) is 0 Å². The van der Waals surface area contributed by atoms with Gasteiger partial charge in [0.1, 0.15) is 0 Å². The summed E-state index contributed by atoms with van der Waals surface area (Å²) in [7, 11) is 0. The molecule has 0 nitrogen and oxygen atoms in total. The van der Waals surface area contributed by atoms with Crippen LogP contribution in [0.3, 0.4) is 0 Å². The van der Waals surface area contributed by atoms with Crippen molar-refractivity contribution in [3.05, 3.63) is 43.0 Å². The summed E-state index contributed by atoms with van der Waals surface area (Å²) in [4.78, 5) is 0. The van der Waals surface area contributed by atoms with Crippen LogP contribution in [-0.4, -0.2) is 13.8 Å². The molecule has 0 saturated carbocycles. The molecule has 2 rings (SSSR count). The number of hydrogen-bond acceptors (Lipinski definition) is 0. The van der Waals surface area contributed by atoms with Crippen molar-refractivity contribution < 1.29 is 17.5 Å². The predicted octanol–water partition coefficient (Wildman–Crippen LogP) is 1.77. The van der Waals surface area contributed by atoms with E-state index in [1.807, 2.05) is 0 Å². The van der Waals surface area contributed by atoms with E-state index in [0.29, 0.717) is 0 Å². The van der Waals surface area contributed by atoms with Crippen LogP contribution in [0.2, 0.25) is 0 Å². The summed E-state index contributed by atoms with van der Waals surface area (Å²) in [6.07, 6.45) is 16.3. The van der Waals surface area contributed by atoms with Gasteiger partial charge in [0, 0.05) is 0 Å². The molecule has 0 N–H and O–H groups in total. The van der Waals surface area contributed by atoms with Crippen molar-refractivity contribution in [1.82, 2.24) is 0 Å². The summed E-state index contributed by atoms with van der Waals surface area (Å²) in [5, 5.41) is 0. The van der Waals surface area contributed by atoms with E-state index in [2.05, 4.69) is 50.2 Å². The zero-order valence-electron chi connectivity index (χ0n) is 8.61. The van der Waals surface area contributed by atoms with E-state index in [-0.39, 0.29) is 24.8 Å². The number of rotatable bonds is 2. The van der Waals surface area contributed by atoms with Crippen molar-refractivity contribution in [2.24, 2.45) is 0 Å². The van der Waals surface area contributed by atoms with Crippen LogP contribution in [0, 0.1) is 0 Å². The summed E-state index contributed by atoms with van der Waals surface area (Å²) in [5.41, 5.74) is 0. The predicted molar refractivity (Wildman–Crippen MR) is 75.3 cm³/mol. The van der Waals surface area contributed by atoms with Crippen LogP contribution in [0.5, 0.6) is 0 Å². The third-order valence-corrected chi connectivity index (χ3v) is 21.4. The molecule has 0 amide bonds. The van der Waals surface area contributed by atoms with Gasteiger partial charge in [-0.1, -0.05) is 0 Å². The topological polar surface area (TPSA) is 0 Å². The molecule has 82 valence electrons. The van der Waals surface area contributed by atoms with Gasteiger partial charge in [-0.3, -0.25) is 0 Å². The Bertz CT molecular complexity index is 406. The van der Waals surface area contributed by atoms with E-state index in [1.54, 1.807) is 6.56 Å². The first-order chi connectivity index (χ1) is 6.21. The molecule has 0 aromatic rings. The SMILES string of the molecule is Cl.Cl.[SiH2]=[Zr](=[SiH2])([C]1=CC=CC1)[C]1=CC=CC1. The standard InChI is InChI=1S/2C5H5.2ClH.2H2Si.Zr/c2*1-2-4-5-3-1;;;;;/h2*1-3H,4H2;2*1H;2*1H2;. The van der Waals surface area contributed by atoms with Crippen molar-refractivity contribution in [2.45, 2.75) is 12.8 Å². The third kappa shape index (κ3) is 3.40. The first-order valence-corrected chi connectivity index (χ1v) is 18.9. The van der Waals surface area contributed by atoms with Gasteiger partial charge >= 0.3 is 87.1 Å². The monoisotopic (exact) mass is 352 g/mol. The second kappa shape index (κ2) is 6.56. The molecular weight excluding hydrogens is 338 g/mol. The quantitative estimate of drug-likeness (QED) is 0.663. The van der Waals surface area contributed by atoms with E-state index in [1.165, 1.54) is 12.8 Å². The molecule has 0 saturated heterocycles. The summed E-state index contributed by atoms with van der Waals surface area (Å²) in [6.45, 7) is 4.65. The maximum absolute atomic E-state index is 2.37. The van der Waals surface area contributed by atoms with E-state index in [9.17, 15) is 0 Å². The Kier molecular flexibility index (Phi) is 6.93. The summed E-state index contributed by atoms with van der Waals surface area (Å²) in [6, 6.07) is 0.